The van der Waals surface area contributed by atoms with Crippen molar-refractivity contribution in [2.75, 3.05) is 0 Å². The van der Waals surface area contributed by atoms with Gasteiger partial charge in [0.15, 0.2) is 5.11 Å². The molecule has 0 aromatic heterocycles. The van der Waals surface area contributed by atoms with Crippen molar-refractivity contribution in [1.82, 2.24) is 10.6 Å². The van der Waals surface area contributed by atoms with Crippen molar-refractivity contribution in [3.63, 3.8) is 0 Å². The van der Waals surface area contributed by atoms with E-state index in [0.29, 0.717) is 5.56 Å². The Morgan fingerprint density at radius 3 is 1.81 bits per heavy atom. The molecule has 26 heavy (non-hydrogen) atoms. The summed E-state index contributed by atoms with van der Waals surface area (Å²) >= 11 is 5.32. The van der Waals surface area contributed by atoms with Crippen LogP contribution in [0.5, 0.6) is 0 Å². The Morgan fingerprint density at radius 2 is 1.31 bits per heavy atom. The van der Waals surface area contributed by atoms with Gasteiger partial charge in [0, 0.05) is 5.56 Å². The van der Waals surface area contributed by atoms with Crippen LogP contribution >= 0.6 is 12.2 Å². The average molecular weight is 364 g/mol. The van der Waals surface area contributed by atoms with Crippen LogP contribution in [0.1, 0.15) is 27.5 Å². The molecule has 0 heterocycles. The number of carbonyl (C=O) groups excluding carboxylic acids is 1. The third kappa shape index (κ3) is 4.52. The van der Waals surface area contributed by atoms with Gasteiger partial charge < -0.3 is 5.32 Å². The number of thiocarbonyl (C=S) groups is 1. The predicted molar refractivity (Wildman–Crippen MR) is 104 cm³/mol. The zero-order chi connectivity index (χ0) is 18.4. The third-order valence-electron chi connectivity index (χ3n) is 3.87. The lowest BCUT2D eigenvalue weighted by molar-refractivity contribution is 0.0976. The maximum Gasteiger partial charge on any atom is 0.257 e. The number of halogens is 1. The van der Waals surface area contributed by atoms with Gasteiger partial charge in [0.25, 0.3) is 5.91 Å². The van der Waals surface area contributed by atoms with E-state index in [-0.39, 0.29) is 17.1 Å². The lowest BCUT2D eigenvalue weighted by Crippen LogP contribution is -2.41. The number of hydrogen-bond donors (Lipinski definition) is 2. The third-order valence-corrected chi connectivity index (χ3v) is 4.09. The highest BCUT2D eigenvalue weighted by Gasteiger charge is 2.16. The highest BCUT2D eigenvalue weighted by molar-refractivity contribution is 7.80. The Labute approximate surface area is 156 Å². The van der Waals surface area contributed by atoms with Crippen LogP contribution in [-0.2, 0) is 0 Å². The maximum absolute atomic E-state index is 13.0. The van der Waals surface area contributed by atoms with Gasteiger partial charge >= 0.3 is 0 Å². The van der Waals surface area contributed by atoms with E-state index in [1.165, 1.54) is 24.3 Å². The van der Waals surface area contributed by atoms with Crippen molar-refractivity contribution in [3.8, 4) is 0 Å². The van der Waals surface area contributed by atoms with E-state index in [0.717, 1.165) is 11.1 Å². The van der Waals surface area contributed by atoms with Crippen molar-refractivity contribution in [2.45, 2.75) is 6.04 Å². The minimum absolute atomic E-state index is 0.196. The van der Waals surface area contributed by atoms with Gasteiger partial charge in [0.05, 0.1) is 6.04 Å². The first-order chi connectivity index (χ1) is 12.6. The van der Waals surface area contributed by atoms with E-state index in [1.54, 1.807) is 0 Å². The summed E-state index contributed by atoms with van der Waals surface area (Å²) in [5.41, 5.74) is 2.39. The first-order valence-electron chi connectivity index (χ1n) is 8.11. The van der Waals surface area contributed by atoms with Gasteiger partial charge in [-0.25, -0.2) is 4.39 Å². The summed E-state index contributed by atoms with van der Waals surface area (Å²) in [6.07, 6.45) is 0. The van der Waals surface area contributed by atoms with E-state index in [2.05, 4.69) is 10.6 Å². The molecule has 0 saturated carbocycles. The molecule has 0 radical (unpaired) electrons. The van der Waals surface area contributed by atoms with Crippen LogP contribution in [0.2, 0.25) is 0 Å². The molecule has 0 spiro atoms. The molecule has 0 atom stereocenters. The molecule has 3 aromatic rings. The molecule has 3 nitrogen and oxygen atoms in total. The molecular formula is C21H17FN2OS. The van der Waals surface area contributed by atoms with Crippen molar-refractivity contribution >= 4 is 23.2 Å². The summed E-state index contributed by atoms with van der Waals surface area (Å²) < 4.78 is 13.0. The van der Waals surface area contributed by atoms with Crippen LogP contribution in [0.15, 0.2) is 84.9 Å². The summed E-state index contributed by atoms with van der Waals surface area (Å²) in [5.74, 6) is -0.780. The van der Waals surface area contributed by atoms with E-state index < -0.39 is 5.82 Å². The Kier molecular flexibility index (Phi) is 5.71. The van der Waals surface area contributed by atoms with E-state index >= 15 is 0 Å². The predicted octanol–water partition coefficient (Wildman–Crippen LogP) is 4.22. The second-order valence-electron chi connectivity index (χ2n) is 5.69. The normalized spacial score (nSPS) is 10.4. The average Bonchev–Trinajstić information content (AvgIpc) is 2.68. The summed E-state index contributed by atoms with van der Waals surface area (Å²) in [4.78, 5) is 12.3. The molecule has 0 fully saturated rings. The summed E-state index contributed by atoms with van der Waals surface area (Å²) in [6.45, 7) is 0. The Bertz CT molecular complexity index is 843. The largest absolute Gasteiger partial charge is 0.351 e. The van der Waals surface area contributed by atoms with Gasteiger partial charge in [-0.2, -0.15) is 0 Å². The van der Waals surface area contributed by atoms with Crippen molar-refractivity contribution in [1.29, 1.82) is 0 Å². The van der Waals surface area contributed by atoms with Crippen molar-refractivity contribution in [3.05, 3.63) is 107 Å². The molecule has 130 valence electrons. The molecule has 1 amide bonds. The smallest absolute Gasteiger partial charge is 0.257 e. The Hall–Kier alpha value is -3.05. The number of rotatable bonds is 4. The monoisotopic (exact) mass is 364 g/mol. The molecule has 5 heteroatoms. The molecule has 3 aromatic carbocycles. The topological polar surface area (TPSA) is 41.1 Å². The lowest BCUT2D eigenvalue weighted by atomic mass is 9.99. The lowest BCUT2D eigenvalue weighted by Gasteiger charge is -2.21. The highest BCUT2D eigenvalue weighted by Crippen LogP contribution is 2.21. The van der Waals surface area contributed by atoms with Crippen LogP contribution in [0.4, 0.5) is 4.39 Å². The number of hydrogen-bond acceptors (Lipinski definition) is 2. The van der Waals surface area contributed by atoms with Crippen LogP contribution in [-0.4, -0.2) is 11.0 Å². The molecular weight excluding hydrogens is 347 g/mol. The fraction of sp³-hybridized carbons (Fsp3) is 0.0476. The van der Waals surface area contributed by atoms with Crippen molar-refractivity contribution in [2.24, 2.45) is 0 Å². The zero-order valence-electron chi connectivity index (χ0n) is 13.9. The first kappa shape index (κ1) is 17.8. The summed E-state index contributed by atoms with van der Waals surface area (Å²) in [6, 6.07) is 24.8. The molecule has 2 N–H and O–H groups in total. The van der Waals surface area contributed by atoms with Crippen molar-refractivity contribution < 1.29 is 9.18 Å². The molecule has 0 saturated heterocycles. The molecule has 0 bridgehead atoms. The zero-order valence-corrected chi connectivity index (χ0v) is 14.7. The maximum atomic E-state index is 13.0. The van der Waals surface area contributed by atoms with Gasteiger partial charge in [0.1, 0.15) is 5.82 Å². The van der Waals surface area contributed by atoms with E-state index in [1.807, 2.05) is 60.7 Å². The number of amides is 1. The fourth-order valence-corrected chi connectivity index (χ4v) is 2.80. The summed E-state index contributed by atoms with van der Waals surface area (Å²) in [5, 5.41) is 6.04. The minimum atomic E-state index is -0.393. The number of carbonyl (C=O) groups is 1. The number of benzene rings is 3. The SMILES string of the molecule is O=C(NC(=S)NC(c1ccccc1)c1ccccc1)c1ccc(F)cc1. The quantitative estimate of drug-likeness (QED) is 0.681. The van der Waals surface area contributed by atoms with Gasteiger partial charge in [-0.15, -0.1) is 0 Å². The van der Waals surface area contributed by atoms with Crippen LogP contribution in [0.3, 0.4) is 0 Å². The van der Waals surface area contributed by atoms with E-state index in [9.17, 15) is 9.18 Å². The van der Waals surface area contributed by atoms with Gasteiger partial charge in [-0.05, 0) is 47.6 Å². The van der Waals surface area contributed by atoms with Gasteiger partial charge in [0.2, 0.25) is 0 Å². The van der Waals surface area contributed by atoms with Crippen LogP contribution < -0.4 is 10.6 Å². The number of nitrogens with one attached hydrogen (secondary N) is 2. The standard InChI is InChI=1S/C21H17FN2OS/c22-18-13-11-17(12-14-18)20(25)24-21(26)23-19(15-7-3-1-4-8-15)16-9-5-2-6-10-16/h1-14,19H,(H2,23,24,25,26). The van der Waals surface area contributed by atoms with Gasteiger partial charge in [-0.3, -0.25) is 10.1 Å². The molecule has 0 aliphatic carbocycles. The first-order valence-corrected chi connectivity index (χ1v) is 8.51. The molecule has 0 unspecified atom stereocenters. The second-order valence-corrected chi connectivity index (χ2v) is 6.10. The fourth-order valence-electron chi connectivity index (χ4n) is 2.59. The Morgan fingerprint density at radius 1 is 0.808 bits per heavy atom. The van der Waals surface area contributed by atoms with Crippen LogP contribution in [0.25, 0.3) is 0 Å². The highest BCUT2D eigenvalue weighted by atomic mass is 32.1. The van der Waals surface area contributed by atoms with Gasteiger partial charge in [-0.1, -0.05) is 60.7 Å². The minimum Gasteiger partial charge on any atom is -0.351 e. The van der Waals surface area contributed by atoms with Crippen LogP contribution in [0, 0.1) is 5.82 Å². The molecule has 0 aliphatic heterocycles. The molecule has 0 aliphatic rings. The Balaban J connectivity index is 1.75. The molecule has 3 rings (SSSR count). The second kappa shape index (κ2) is 8.36. The van der Waals surface area contributed by atoms with E-state index in [4.69, 9.17) is 12.2 Å². The summed E-state index contributed by atoms with van der Waals surface area (Å²) in [7, 11) is 0.